The molecule has 1 unspecified atom stereocenters. The number of aromatic nitrogens is 2. The molecule has 0 bridgehead atoms. The zero-order valence-corrected chi connectivity index (χ0v) is 10.8. The van der Waals surface area contributed by atoms with Gasteiger partial charge < -0.3 is 15.4 Å². The molecule has 2 N–H and O–H groups in total. The maximum absolute atomic E-state index is 6.17. The highest BCUT2D eigenvalue weighted by molar-refractivity contribution is 5.31. The van der Waals surface area contributed by atoms with E-state index in [0.29, 0.717) is 6.61 Å². The number of ether oxygens (including phenoxy) is 1. The van der Waals surface area contributed by atoms with E-state index in [1.807, 2.05) is 19.3 Å². The summed E-state index contributed by atoms with van der Waals surface area (Å²) in [4.78, 5) is 11.0. The van der Waals surface area contributed by atoms with Crippen molar-refractivity contribution >= 4 is 5.95 Å². The first-order valence-corrected chi connectivity index (χ1v) is 6.57. The second-order valence-electron chi connectivity index (χ2n) is 5.53. The molecule has 5 nitrogen and oxygen atoms in total. The first-order chi connectivity index (χ1) is 8.70. The van der Waals surface area contributed by atoms with Crippen molar-refractivity contribution in [3.63, 3.8) is 0 Å². The van der Waals surface area contributed by atoms with Crippen LogP contribution in [0.5, 0.6) is 0 Å². The van der Waals surface area contributed by atoms with Crippen molar-refractivity contribution in [2.24, 2.45) is 11.1 Å². The Labute approximate surface area is 107 Å². The molecule has 2 saturated heterocycles. The van der Waals surface area contributed by atoms with Gasteiger partial charge in [0.25, 0.3) is 0 Å². The van der Waals surface area contributed by atoms with Crippen LogP contribution in [0.15, 0.2) is 12.4 Å². The molecule has 5 heteroatoms. The van der Waals surface area contributed by atoms with Crippen LogP contribution in [0.3, 0.4) is 0 Å². The number of piperidine rings is 1. The van der Waals surface area contributed by atoms with Crippen molar-refractivity contribution in [2.75, 3.05) is 31.2 Å². The fourth-order valence-corrected chi connectivity index (χ4v) is 2.89. The van der Waals surface area contributed by atoms with E-state index < -0.39 is 0 Å². The van der Waals surface area contributed by atoms with Crippen molar-refractivity contribution in [1.29, 1.82) is 0 Å². The molecule has 1 aromatic heterocycles. The molecule has 0 aromatic carbocycles. The number of nitrogens with zero attached hydrogens (tertiary/aromatic N) is 3. The highest BCUT2D eigenvalue weighted by Crippen LogP contribution is 2.38. The summed E-state index contributed by atoms with van der Waals surface area (Å²) in [5.41, 5.74) is 7.47. The second-order valence-corrected chi connectivity index (χ2v) is 5.53. The van der Waals surface area contributed by atoms with Crippen LogP contribution < -0.4 is 10.6 Å². The number of rotatable bonds is 1. The third-order valence-electron chi connectivity index (χ3n) is 4.28. The first-order valence-electron chi connectivity index (χ1n) is 6.57. The molecule has 0 amide bonds. The van der Waals surface area contributed by atoms with Crippen molar-refractivity contribution in [2.45, 2.75) is 25.8 Å². The third kappa shape index (κ3) is 1.97. The van der Waals surface area contributed by atoms with Crippen LogP contribution in [-0.4, -0.2) is 42.3 Å². The Morgan fingerprint density at radius 3 is 2.56 bits per heavy atom. The van der Waals surface area contributed by atoms with Crippen molar-refractivity contribution < 1.29 is 4.74 Å². The fourth-order valence-electron chi connectivity index (χ4n) is 2.89. The summed E-state index contributed by atoms with van der Waals surface area (Å²) in [6, 6.07) is 0.193. The SMILES string of the molecule is Cc1cnc(N2CCC3(CC2)COCC3N)nc1. The standard InChI is InChI=1S/C13H20N4O/c1-10-6-15-12(16-7-10)17-4-2-13(3-5-17)9-18-8-11(13)14/h6-7,11H,2-5,8-9,14H2,1H3. The monoisotopic (exact) mass is 248 g/mol. The van der Waals surface area contributed by atoms with E-state index in [9.17, 15) is 0 Å². The minimum absolute atomic E-state index is 0.193. The maximum atomic E-state index is 6.17. The topological polar surface area (TPSA) is 64.3 Å². The normalized spacial score (nSPS) is 26.8. The van der Waals surface area contributed by atoms with Gasteiger partial charge in [-0.25, -0.2) is 9.97 Å². The Kier molecular flexibility index (Phi) is 2.95. The lowest BCUT2D eigenvalue weighted by atomic mass is 9.75. The maximum Gasteiger partial charge on any atom is 0.225 e. The summed E-state index contributed by atoms with van der Waals surface area (Å²) in [6.45, 7) is 5.47. The van der Waals surface area contributed by atoms with Crippen LogP contribution in [0, 0.1) is 12.3 Å². The number of hydrogen-bond acceptors (Lipinski definition) is 5. The highest BCUT2D eigenvalue weighted by atomic mass is 16.5. The molecule has 2 fully saturated rings. The van der Waals surface area contributed by atoms with Gasteiger partial charge in [-0.15, -0.1) is 0 Å². The number of nitrogens with two attached hydrogens (primary N) is 1. The van der Waals surface area contributed by atoms with Gasteiger partial charge in [-0.3, -0.25) is 0 Å². The molecule has 3 rings (SSSR count). The predicted molar refractivity (Wildman–Crippen MR) is 69.4 cm³/mol. The summed E-state index contributed by atoms with van der Waals surface area (Å²) in [6.07, 6.45) is 5.89. The van der Waals surface area contributed by atoms with Gasteiger partial charge in [0.15, 0.2) is 0 Å². The van der Waals surface area contributed by atoms with E-state index in [-0.39, 0.29) is 11.5 Å². The van der Waals surface area contributed by atoms with Crippen LogP contribution in [0.2, 0.25) is 0 Å². The Morgan fingerprint density at radius 2 is 2.00 bits per heavy atom. The fraction of sp³-hybridized carbons (Fsp3) is 0.692. The van der Waals surface area contributed by atoms with E-state index in [1.54, 1.807) is 0 Å². The zero-order valence-electron chi connectivity index (χ0n) is 10.8. The van der Waals surface area contributed by atoms with E-state index >= 15 is 0 Å². The van der Waals surface area contributed by atoms with E-state index in [1.165, 1.54) is 0 Å². The molecule has 2 aliphatic heterocycles. The van der Waals surface area contributed by atoms with E-state index in [4.69, 9.17) is 10.5 Å². The average Bonchev–Trinajstić information content (AvgIpc) is 2.73. The molecule has 3 heterocycles. The quantitative estimate of drug-likeness (QED) is 0.793. The Balaban J connectivity index is 1.68. The predicted octanol–water partition coefficient (Wildman–Crippen LogP) is 0.729. The van der Waals surface area contributed by atoms with Crippen LogP contribution >= 0.6 is 0 Å². The summed E-state index contributed by atoms with van der Waals surface area (Å²) in [5.74, 6) is 0.836. The second kappa shape index (κ2) is 4.48. The van der Waals surface area contributed by atoms with Crippen molar-refractivity contribution in [1.82, 2.24) is 9.97 Å². The zero-order chi connectivity index (χ0) is 12.6. The van der Waals surface area contributed by atoms with E-state index in [0.717, 1.165) is 44.0 Å². The Bertz CT molecular complexity index is 412. The minimum Gasteiger partial charge on any atom is -0.379 e. The molecule has 98 valence electrons. The van der Waals surface area contributed by atoms with Gasteiger partial charge in [0.05, 0.1) is 13.2 Å². The lowest BCUT2D eigenvalue weighted by Gasteiger charge is -2.40. The number of hydrogen-bond donors (Lipinski definition) is 1. The Hall–Kier alpha value is -1.20. The highest BCUT2D eigenvalue weighted by Gasteiger charge is 2.44. The molecule has 0 aliphatic carbocycles. The van der Waals surface area contributed by atoms with Crippen LogP contribution in [0.1, 0.15) is 18.4 Å². The third-order valence-corrected chi connectivity index (χ3v) is 4.28. The lowest BCUT2D eigenvalue weighted by molar-refractivity contribution is 0.131. The summed E-state index contributed by atoms with van der Waals surface area (Å²) in [5, 5.41) is 0. The average molecular weight is 248 g/mol. The molecular weight excluding hydrogens is 228 g/mol. The molecule has 18 heavy (non-hydrogen) atoms. The van der Waals surface area contributed by atoms with E-state index in [2.05, 4.69) is 14.9 Å². The minimum atomic E-state index is 0.193. The van der Waals surface area contributed by atoms with Gasteiger partial charge in [0, 0.05) is 36.9 Å². The van der Waals surface area contributed by atoms with Crippen LogP contribution in [-0.2, 0) is 4.74 Å². The molecule has 0 saturated carbocycles. The molecular formula is C13H20N4O. The molecule has 1 spiro atoms. The molecule has 2 aliphatic rings. The molecule has 1 aromatic rings. The molecule has 1 atom stereocenters. The van der Waals surface area contributed by atoms with Gasteiger partial charge >= 0.3 is 0 Å². The van der Waals surface area contributed by atoms with Gasteiger partial charge in [-0.05, 0) is 25.3 Å². The van der Waals surface area contributed by atoms with Gasteiger partial charge in [-0.1, -0.05) is 0 Å². The van der Waals surface area contributed by atoms with Gasteiger partial charge in [0.2, 0.25) is 5.95 Å². The summed E-state index contributed by atoms with van der Waals surface area (Å²) >= 11 is 0. The van der Waals surface area contributed by atoms with Crippen molar-refractivity contribution in [3.8, 4) is 0 Å². The van der Waals surface area contributed by atoms with Gasteiger partial charge in [0.1, 0.15) is 0 Å². The van der Waals surface area contributed by atoms with Gasteiger partial charge in [-0.2, -0.15) is 0 Å². The van der Waals surface area contributed by atoms with Crippen LogP contribution in [0.25, 0.3) is 0 Å². The lowest BCUT2D eigenvalue weighted by Crippen LogP contribution is -2.49. The van der Waals surface area contributed by atoms with Crippen molar-refractivity contribution in [3.05, 3.63) is 18.0 Å². The summed E-state index contributed by atoms with van der Waals surface area (Å²) in [7, 11) is 0. The number of aryl methyl sites for hydroxylation is 1. The number of anilines is 1. The smallest absolute Gasteiger partial charge is 0.225 e. The largest absolute Gasteiger partial charge is 0.379 e. The molecule has 0 radical (unpaired) electrons. The summed E-state index contributed by atoms with van der Waals surface area (Å²) < 4.78 is 5.53. The first kappa shape index (κ1) is 11.9. The van der Waals surface area contributed by atoms with Crippen LogP contribution in [0.4, 0.5) is 5.95 Å². The Morgan fingerprint density at radius 1 is 1.33 bits per heavy atom.